The molecular formula is C11H15N3O. The molecule has 0 aliphatic rings. The molecule has 0 amide bonds. The lowest BCUT2D eigenvalue weighted by molar-refractivity contribution is 0.419. The van der Waals surface area contributed by atoms with E-state index < -0.39 is 0 Å². The van der Waals surface area contributed by atoms with Gasteiger partial charge in [0.05, 0.1) is 18.8 Å². The van der Waals surface area contributed by atoms with Crippen LogP contribution in [0, 0.1) is 0 Å². The van der Waals surface area contributed by atoms with Crippen molar-refractivity contribution in [3.05, 3.63) is 42.6 Å². The fourth-order valence-electron chi connectivity index (χ4n) is 1.47. The van der Waals surface area contributed by atoms with Crippen LogP contribution in [0.1, 0.15) is 18.7 Å². The molecule has 0 aromatic carbocycles. The molecule has 0 saturated carbocycles. The molecule has 2 heterocycles. The van der Waals surface area contributed by atoms with Crippen molar-refractivity contribution in [1.82, 2.24) is 15.1 Å². The van der Waals surface area contributed by atoms with Gasteiger partial charge in [0.1, 0.15) is 5.76 Å². The van der Waals surface area contributed by atoms with Crippen LogP contribution in [0.3, 0.4) is 0 Å². The van der Waals surface area contributed by atoms with Gasteiger partial charge in [0.2, 0.25) is 0 Å². The van der Waals surface area contributed by atoms with E-state index in [1.54, 1.807) is 12.5 Å². The molecule has 0 fully saturated rings. The van der Waals surface area contributed by atoms with Gasteiger partial charge >= 0.3 is 0 Å². The van der Waals surface area contributed by atoms with Crippen LogP contribution in [0.5, 0.6) is 0 Å². The zero-order chi connectivity index (χ0) is 10.5. The first-order valence-electron chi connectivity index (χ1n) is 5.10. The standard InChI is InChI=1S/C11H15N3O/c1-10(11-4-2-9-15-11)12-6-8-14-7-3-5-13-14/h2-5,7,9-10,12H,6,8H2,1H3/t10-/m0/s1. The van der Waals surface area contributed by atoms with E-state index in [1.807, 2.05) is 29.1 Å². The third kappa shape index (κ3) is 2.70. The summed E-state index contributed by atoms with van der Waals surface area (Å²) in [5.41, 5.74) is 0. The second kappa shape index (κ2) is 4.79. The van der Waals surface area contributed by atoms with Gasteiger partial charge in [-0.2, -0.15) is 5.10 Å². The first-order valence-corrected chi connectivity index (χ1v) is 5.10. The molecular weight excluding hydrogens is 190 g/mol. The number of hydrogen-bond donors (Lipinski definition) is 1. The smallest absolute Gasteiger partial charge is 0.120 e. The zero-order valence-corrected chi connectivity index (χ0v) is 8.76. The fourth-order valence-corrected chi connectivity index (χ4v) is 1.47. The molecule has 2 aromatic rings. The molecule has 1 N–H and O–H groups in total. The molecule has 4 heteroatoms. The fraction of sp³-hybridized carbons (Fsp3) is 0.364. The number of furan rings is 1. The highest BCUT2D eigenvalue weighted by atomic mass is 16.3. The summed E-state index contributed by atoms with van der Waals surface area (Å²) in [4.78, 5) is 0. The number of nitrogens with one attached hydrogen (secondary N) is 1. The maximum Gasteiger partial charge on any atom is 0.120 e. The van der Waals surface area contributed by atoms with Crippen molar-refractivity contribution in [2.45, 2.75) is 19.5 Å². The van der Waals surface area contributed by atoms with Crippen LogP contribution in [0.25, 0.3) is 0 Å². The van der Waals surface area contributed by atoms with Gasteiger partial charge in [-0.1, -0.05) is 0 Å². The Kier molecular flexibility index (Phi) is 3.19. The molecule has 4 nitrogen and oxygen atoms in total. The van der Waals surface area contributed by atoms with Gasteiger partial charge in [0.15, 0.2) is 0 Å². The van der Waals surface area contributed by atoms with E-state index in [-0.39, 0.29) is 6.04 Å². The Labute approximate surface area is 88.9 Å². The topological polar surface area (TPSA) is 43.0 Å². The summed E-state index contributed by atoms with van der Waals surface area (Å²) >= 11 is 0. The minimum absolute atomic E-state index is 0.246. The molecule has 0 spiro atoms. The Morgan fingerprint density at radius 2 is 2.47 bits per heavy atom. The Morgan fingerprint density at radius 3 is 3.13 bits per heavy atom. The monoisotopic (exact) mass is 205 g/mol. The Balaban J connectivity index is 1.74. The quantitative estimate of drug-likeness (QED) is 0.809. The average molecular weight is 205 g/mol. The lowest BCUT2D eigenvalue weighted by Gasteiger charge is -2.10. The van der Waals surface area contributed by atoms with Crippen LogP contribution in [0.4, 0.5) is 0 Å². The molecule has 2 aromatic heterocycles. The summed E-state index contributed by atoms with van der Waals surface area (Å²) in [5.74, 6) is 0.968. The normalized spacial score (nSPS) is 12.9. The first kappa shape index (κ1) is 9.98. The van der Waals surface area contributed by atoms with E-state index in [0.29, 0.717) is 0 Å². The maximum atomic E-state index is 5.30. The molecule has 1 atom stereocenters. The molecule has 80 valence electrons. The van der Waals surface area contributed by atoms with Crippen LogP contribution < -0.4 is 5.32 Å². The Bertz CT molecular complexity index is 366. The van der Waals surface area contributed by atoms with Crippen molar-refractivity contribution in [2.75, 3.05) is 6.54 Å². The highest BCUT2D eigenvalue weighted by Gasteiger charge is 2.06. The lowest BCUT2D eigenvalue weighted by Crippen LogP contribution is -2.23. The van der Waals surface area contributed by atoms with Crippen LogP contribution >= 0.6 is 0 Å². The largest absolute Gasteiger partial charge is 0.468 e. The van der Waals surface area contributed by atoms with Gasteiger partial charge < -0.3 is 9.73 Å². The molecule has 0 saturated heterocycles. The van der Waals surface area contributed by atoms with Crippen molar-refractivity contribution in [2.24, 2.45) is 0 Å². The highest BCUT2D eigenvalue weighted by Crippen LogP contribution is 2.11. The number of nitrogens with zero attached hydrogens (tertiary/aromatic N) is 2. The summed E-state index contributed by atoms with van der Waals surface area (Å²) in [6.45, 7) is 3.84. The molecule has 0 aliphatic carbocycles. The number of rotatable bonds is 5. The molecule has 2 rings (SSSR count). The van der Waals surface area contributed by atoms with Crippen LogP contribution in [0.2, 0.25) is 0 Å². The minimum Gasteiger partial charge on any atom is -0.468 e. The summed E-state index contributed by atoms with van der Waals surface area (Å²) in [6, 6.07) is 6.05. The number of hydrogen-bond acceptors (Lipinski definition) is 3. The summed E-state index contributed by atoms with van der Waals surface area (Å²) in [6.07, 6.45) is 5.44. The van der Waals surface area contributed by atoms with Crippen molar-refractivity contribution in [3.8, 4) is 0 Å². The van der Waals surface area contributed by atoms with Gasteiger partial charge in [-0.3, -0.25) is 4.68 Å². The van der Waals surface area contributed by atoms with Gasteiger partial charge in [-0.05, 0) is 25.1 Å². The maximum absolute atomic E-state index is 5.30. The molecule has 0 bridgehead atoms. The lowest BCUT2D eigenvalue weighted by atomic mass is 10.2. The van der Waals surface area contributed by atoms with Gasteiger partial charge in [-0.25, -0.2) is 0 Å². The predicted molar refractivity (Wildman–Crippen MR) is 57.4 cm³/mol. The zero-order valence-electron chi connectivity index (χ0n) is 8.76. The third-order valence-electron chi connectivity index (χ3n) is 2.32. The van der Waals surface area contributed by atoms with E-state index in [4.69, 9.17) is 4.42 Å². The third-order valence-corrected chi connectivity index (χ3v) is 2.32. The SMILES string of the molecule is C[C@H](NCCn1cccn1)c1ccco1. The first-order chi connectivity index (χ1) is 7.36. The average Bonchev–Trinajstić information content (AvgIpc) is 2.90. The summed E-state index contributed by atoms with van der Waals surface area (Å²) < 4.78 is 7.20. The number of aromatic nitrogens is 2. The molecule has 0 unspecified atom stereocenters. The molecule has 0 radical (unpaired) electrons. The van der Waals surface area contributed by atoms with E-state index in [9.17, 15) is 0 Å². The second-order valence-corrected chi connectivity index (χ2v) is 3.46. The van der Waals surface area contributed by atoms with E-state index in [2.05, 4.69) is 17.3 Å². The van der Waals surface area contributed by atoms with E-state index in [1.165, 1.54) is 0 Å². The second-order valence-electron chi connectivity index (χ2n) is 3.46. The van der Waals surface area contributed by atoms with Gasteiger partial charge in [0, 0.05) is 18.9 Å². The Morgan fingerprint density at radius 1 is 1.53 bits per heavy atom. The van der Waals surface area contributed by atoms with Gasteiger partial charge in [-0.15, -0.1) is 0 Å². The van der Waals surface area contributed by atoms with Crippen molar-refractivity contribution < 1.29 is 4.42 Å². The van der Waals surface area contributed by atoms with Crippen LogP contribution in [-0.2, 0) is 6.54 Å². The Hall–Kier alpha value is -1.55. The van der Waals surface area contributed by atoms with Crippen molar-refractivity contribution >= 4 is 0 Å². The minimum atomic E-state index is 0.246. The van der Waals surface area contributed by atoms with Crippen LogP contribution in [0.15, 0.2) is 41.3 Å². The van der Waals surface area contributed by atoms with E-state index in [0.717, 1.165) is 18.8 Å². The molecule has 15 heavy (non-hydrogen) atoms. The predicted octanol–water partition coefficient (Wildman–Crippen LogP) is 1.83. The van der Waals surface area contributed by atoms with Crippen LogP contribution in [-0.4, -0.2) is 16.3 Å². The summed E-state index contributed by atoms with van der Waals surface area (Å²) in [5, 5.41) is 7.50. The molecule has 0 aliphatic heterocycles. The van der Waals surface area contributed by atoms with Gasteiger partial charge in [0.25, 0.3) is 0 Å². The van der Waals surface area contributed by atoms with Crippen molar-refractivity contribution in [1.29, 1.82) is 0 Å². The highest BCUT2D eigenvalue weighted by molar-refractivity contribution is 5.02. The summed E-state index contributed by atoms with van der Waals surface area (Å²) in [7, 11) is 0. The van der Waals surface area contributed by atoms with E-state index >= 15 is 0 Å². The van der Waals surface area contributed by atoms with Crippen molar-refractivity contribution in [3.63, 3.8) is 0 Å².